The van der Waals surface area contributed by atoms with Crippen LogP contribution in [0.25, 0.3) is 10.8 Å². The van der Waals surface area contributed by atoms with E-state index in [0.717, 1.165) is 29.2 Å². The molecular formula is C22H22ClN3O2S. The van der Waals surface area contributed by atoms with Gasteiger partial charge in [0, 0.05) is 35.3 Å². The molecule has 5 rings (SSSR count). The van der Waals surface area contributed by atoms with Gasteiger partial charge in [-0.2, -0.15) is 4.98 Å². The Morgan fingerprint density at radius 2 is 2.03 bits per heavy atom. The molecule has 0 N–H and O–H groups in total. The molecule has 1 aliphatic carbocycles. The Hall–Kier alpha value is -2.18. The van der Waals surface area contributed by atoms with E-state index in [1.807, 2.05) is 29.2 Å². The van der Waals surface area contributed by atoms with Gasteiger partial charge in [-0.15, -0.1) is 11.3 Å². The first-order valence-corrected chi connectivity index (χ1v) is 11.3. The van der Waals surface area contributed by atoms with Gasteiger partial charge in [-0.05, 0) is 61.4 Å². The van der Waals surface area contributed by atoms with E-state index in [-0.39, 0.29) is 11.8 Å². The van der Waals surface area contributed by atoms with Crippen molar-refractivity contribution in [3.8, 4) is 10.8 Å². The first-order valence-electron chi connectivity index (χ1n) is 10.1. The minimum absolute atomic E-state index is 0.000181. The molecule has 7 heteroatoms. The SMILES string of the molecule is O=C1CC(c2noc(-c3cc4c(s3)CCCC4)n2)CN1CCc1ccc(Cl)cc1. The lowest BCUT2D eigenvalue weighted by Gasteiger charge is -2.15. The lowest BCUT2D eigenvalue weighted by Crippen LogP contribution is -2.27. The molecule has 1 amide bonds. The maximum Gasteiger partial charge on any atom is 0.268 e. The van der Waals surface area contributed by atoms with Gasteiger partial charge in [0.15, 0.2) is 5.82 Å². The maximum absolute atomic E-state index is 12.5. The van der Waals surface area contributed by atoms with E-state index in [9.17, 15) is 4.79 Å². The number of aryl methyl sites for hydroxylation is 2. The number of likely N-dealkylation sites (tertiary alicyclic amines) is 1. The Balaban J connectivity index is 1.24. The molecule has 0 saturated carbocycles. The van der Waals surface area contributed by atoms with E-state index in [1.165, 1.54) is 28.8 Å². The van der Waals surface area contributed by atoms with E-state index < -0.39 is 0 Å². The van der Waals surface area contributed by atoms with Crippen molar-refractivity contribution < 1.29 is 9.32 Å². The summed E-state index contributed by atoms with van der Waals surface area (Å²) in [7, 11) is 0. The van der Waals surface area contributed by atoms with Gasteiger partial charge in [0.1, 0.15) is 0 Å². The van der Waals surface area contributed by atoms with E-state index in [4.69, 9.17) is 16.1 Å². The summed E-state index contributed by atoms with van der Waals surface area (Å²) in [6.45, 7) is 1.34. The van der Waals surface area contributed by atoms with Crippen molar-refractivity contribution in [2.45, 2.75) is 44.4 Å². The highest BCUT2D eigenvalue weighted by Crippen LogP contribution is 2.36. The number of benzene rings is 1. The molecular weight excluding hydrogens is 406 g/mol. The van der Waals surface area contributed by atoms with Gasteiger partial charge in [-0.1, -0.05) is 28.9 Å². The molecule has 1 saturated heterocycles. The first-order chi connectivity index (χ1) is 14.2. The fraction of sp³-hybridized carbons (Fsp3) is 0.409. The average molecular weight is 428 g/mol. The molecule has 3 aromatic rings. The van der Waals surface area contributed by atoms with E-state index >= 15 is 0 Å². The van der Waals surface area contributed by atoms with Crippen molar-refractivity contribution >= 4 is 28.8 Å². The Kier molecular flexibility index (Phi) is 5.14. The van der Waals surface area contributed by atoms with Gasteiger partial charge in [-0.3, -0.25) is 4.79 Å². The van der Waals surface area contributed by atoms with Crippen LogP contribution in [0, 0.1) is 0 Å². The zero-order chi connectivity index (χ0) is 19.8. The standard InChI is InChI=1S/C22H22ClN3O2S/c23-17-7-5-14(6-8-17)9-10-26-13-16(12-20(26)27)21-24-22(28-25-21)19-11-15-3-1-2-4-18(15)29-19/h5-8,11,16H,1-4,9-10,12-13H2. The molecule has 0 radical (unpaired) electrons. The van der Waals surface area contributed by atoms with Crippen LogP contribution in [-0.2, 0) is 24.1 Å². The number of carbonyl (C=O) groups is 1. The summed E-state index contributed by atoms with van der Waals surface area (Å²) in [5.74, 6) is 1.39. The summed E-state index contributed by atoms with van der Waals surface area (Å²) in [6.07, 6.45) is 6.08. The second-order valence-electron chi connectivity index (χ2n) is 7.84. The number of nitrogens with zero attached hydrogens (tertiary/aromatic N) is 3. The van der Waals surface area contributed by atoms with Crippen LogP contribution in [0.5, 0.6) is 0 Å². The first kappa shape index (κ1) is 18.8. The number of hydrogen-bond donors (Lipinski definition) is 0. The second kappa shape index (κ2) is 7.92. The van der Waals surface area contributed by atoms with Gasteiger partial charge in [0.05, 0.1) is 4.88 Å². The predicted octanol–water partition coefficient (Wildman–Crippen LogP) is 4.89. The van der Waals surface area contributed by atoms with Gasteiger partial charge in [-0.25, -0.2) is 0 Å². The van der Waals surface area contributed by atoms with Crippen molar-refractivity contribution in [3.05, 3.63) is 57.2 Å². The summed E-state index contributed by atoms with van der Waals surface area (Å²) in [4.78, 5) is 21.5. The Morgan fingerprint density at radius 1 is 1.21 bits per heavy atom. The van der Waals surface area contributed by atoms with Crippen LogP contribution in [0.2, 0.25) is 5.02 Å². The van der Waals surface area contributed by atoms with Crippen LogP contribution in [-0.4, -0.2) is 34.0 Å². The summed E-state index contributed by atoms with van der Waals surface area (Å²) < 4.78 is 5.56. The van der Waals surface area contributed by atoms with E-state index in [1.54, 1.807) is 11.3 Å². The molecule has 2 aliphatic rings. The zero-order valence-electron chi connectivity index (χ0n) is 16.1. The van der Waals surface area contributed by atoms with Crippen molar-refractivity contribution in [1.29, 1.82) is 0 Å². The molecule has 0 spiro atoms. The van der Waals surface area contributed by atoms with Crippen LogP contribution >= 0.6 is 22.9 Å². The Bertz CT molecular complexity index is 1000. The zero-order valence-corrected chi connectivity index (χ0v) is 17.6. The number of amides is 1. The van der Waals surface area contributed by atoms with Crippen LogP contribution < -0.4 is 0 Å². The summed E-state index contributed by atoms with van der Waals surface area (Å²) >= 11 is 7.71. The number of aromatic nitrogens is 2. The monoisotopic (exact) mass is 427 g/mol. The van der Waals surface area contributed by atoms with E-state index in [0.29, 0.717) is 31.2 Å². The molecule has 150 valence electrons. The molecule has 1 fully saturated rings. The molecule has 1 aromatic carbocycles. The Morgan fingerprint density at radius 3 is 2.86 bits per heavy atom. The average Bonchev–Trinajstić information content (AvgIpc) is 3.45. The molecule has 1 atom stereocenters. The molecule has 0 bridgehead atoms. The number of fused-ring (bicyclic) bond motifs is 1. The van der Waals surface area contributed by atoms with Crippen LogP contribution in [0.3, 0.4) is 0 Å². The highest BCUT2D eigenvalue weighted by atomic mass is 35.5. The third-order valence-corrected chi connectivity index (χ3v) is 7.29. The maximum atomic E-state index is 12.5. The molecule has 3 heterocycles. The molecule has 5 nitrogen and oxygen atoms in total. The highest BCUT2D eigenvalue weighted by molar-refractivity contribution is 7.15. The van der Waals surface area contributed by atoms with Crippen LogP contribution in [0.15, 0.2) is 34.9 Å². The van der Waals surface area contributed by atoms with Crippen LogP contribution in [0.4, 0.5) is 0 Å². The number of carbonyl (C=O) groups excluding carboxylic acids is 1. The third kappa shape index (κ3) is 3.96. The highest BCUT2D eigenvalue weighted by Gasteiger charge is 2.33. The molecule has 2 aromatic heterocycles. The fourth-order valence-corrected chi connectivity index (χ4v) is 5.47. The largest absolute Gasteiger partial charge is 0.342 e. The molecule has 29 heavy (non-hydrogen) atoms. The third-order valence-electron chi connectivity index (χ3n) is 5.81. The normalized spacial score (nSPS) is 19.0. The molecule has 1 unspecified atom stereocenters. The number of thiophene rings is 1. The van der Waals surface area contributed by atoms with Crippen molar-refractivity contribution in [2.24, 2.45) is 0 Å². The number of hydrogen-bond acceptors (Lipinski definition) is 5. The molecule has 1 aliphatic heterocycles. The predicted molar refractivity (Wildman–Crippen MR) is 113 cm³/mol. The summed E-state index contributed by atoms with van der Waals surface area (Å²) in [5, 5.41) is 4.93. The quantitative estimate of drug-likeness (QED) is 0.581. The fourth-order valence-electron chi connectivity index (χ4n) is 4.17. The lowest BCUT2D eigenvalue weighted by atomic mass is 9.99. The van der Waals surface area contributed by atoms with Crippen molar-refractivity contribution in [1.82, 2.24) is 15.0 Å². The van der Waals surface area contributed by atoms with Gasteiger partial charge in [0.2, 0.25) is 5.91 Å². The van der Waals surface area contributed by atoms with Gasteiger partial charge >= 0.3 is 0 Å². The van der Waals surface area contributed by atoms with Crippen molar-refractivity contribution in [2.75, 3.05) is 13.1 Å². The minimum Gasteiger partial charge on any atom is -0.342 e. The van der Waals surface area contributed by atoms with Crippen molar-refractivity contribution in [3.63, 3.8) is 0 Å². The Labute approximate surface area is 178 Å². The summed E-state index contributed by atoms with van der Waals surface area (Å²) in [6, 6.07) is 9.98. The minimum atomic E-state index is -0.000181. The smallest absolute Gasteiger partial charge is 0.268 e. The lowest BCUT2D eigenvalue weighted by molar-refractivity contribution is -0.127. The summed E-state index contributed by atoms with van der Waals surface area (Å²) in [5.41, 5.74) is 2.61. The van der Waals surface area contributed by atoms with Crippen LogP contribution in [0.1, 0.15) is 47.0 Å². The number of halogens is 1. The van der Waals surface area contributed by atoms with Gasteiger partial charge < -0.3 is 9.42 Å². The van der Waals surface area contributed by atoms with Gasteiger partial charge in [0.25, 0.3) is 5.89 Å². The second-order valence-corrected chi connectivity index (χ2v) is 9.41. The topological polar surface area (TPSA) is 59.2 Å². The van der Waals surface area contributed by atoms with E-state index in [2.05, 4.69) is 16.2 Å². The number of rotatable bonds is 5.